The van der Waals surface area contributed by atoms with E-state index in [1.54, 1.807) is 11.0 Å². The summed E-state index contributed by atoms with van der Waals surface area (Å²) < 4.78 is 5.74. The molecule has 3 rings (SSSR count). The SMILES string of the molecule is CC(C)c1nc2c(o1)CCN(C(=O)c1cncc(Cl)c1)C2. The van der Waals surface area contributed by atoms with Gasteiger partial charge in [-0.25, -0.2) is 4.98 Å². The van der Waals surface area contributed by atoms with Crippen molar-refractivity contribution >= 4 is 17.5 Å². The van der Waals surface area contributed by atoms with Crippen LogP contribution in [0.15, 0.2) is 22.9 Å². The number of halogens is 1. The zero-order valence-corrected chi connectivity index (χ0v) is 12.7. The topological polar surface area (TPSA) is 59.2 Å². The predicted molar refractivity (Wildman–Crippen MR) is 78.3 cm³/mol. The van der Waals surface area contributed by atoms with Gasteiger partial charge in [0.15, 0.2) is 5.89 Å². The molecule has 0 aliphatic carbocycles. The van der Waals surface area contributed by atoms with Crippen molar-refractivity contribution in [3.63, 3.8) is 0 Å². The highest BCUT2D eigenvalue weighted by atomic mass is 35.5. The summed E-state index contributed by atoms with van der Waals surface area (Å²) in [4.78, 5) is 22.7. The van der Waals surface area contributed by atoms with E-state index in [9.17, 15) is 4.79 Å². The second kappa shape index (κ2) is 5.48. The highest BCUT2D eigenvalue weighted by molar-refractivity contribution is 6.30. The van der Waals surface area contributed by atoms with Crippen molar-refractivity contribution in [2.75, 3.05) is 6.54 Å². The Hall–Kier alpha value is -1.88. The summed E-state index contributed by atoms with van der Waals surface area (Å²) in [6.07, 6.45) is 3.74. The van der Waals surface area contributed by atoms with Crippen molar-refractivity contribution in [1.29, 1.82) is 0 Å². The number of rotatable bonds is 2. The molecule has 2 aromatic heterocycles. The Labute approximate surface area is 127 Å². The molecular formula is C15H16ClN3O2. The Bertz CT molecular complexity index is 681. The summed E-state index contributed by atoms with van der Waals surface area (Å²) in [6, 6.07) is 1.63. The van der Waals surface area contributed by atoms with Crippen LogP contribution in [0.5, 0.6) is 0 Å². The van der Waals surface area contributed by atoms with Gasteiger partial charge in [-0.15, -0.1) is 0 Å². The average molecular weight is 306 g/mol. The van der Waals surface area contributed by atoms with Gasteiger partial charge in [-0.2, -0.15) is 0 Å². The van der Waals surface area contributed by atoms with Gasteiger partial charge in [-0.05, 0) is 6.07 Å². The van der Waals surface area contributed by atoms with Gasteiger partial charge in [0, 0.05) is 31.3 Å². The van der Waals surface area contributed by atoms with E-state index in [1.807, 2.05) is 13.8 Å². The zero-order chi connectivity index (χ0) is 15.0. The summed E-state index contributed by atoms with van der Waals surface area (Å²) in [6.45, 7) is 5.16. The molecule has 1 aliphatic heterocycles. The van der Waals surface area contributed by atoms with Crippen LogP contribution in [-0.4, -0.2) is 27.3 Å². The van der Waals surface area contributed by atoms with E-state index >= 15 is 0 Å². The molecule has 0 saturated heterocycles. The molecule has 0 unspecified atom stereocenters. The first kappa shape index (κ1) is 14.1. The third kappa shape index (κ3) is 2.78. The highest BCUT2D eigenvalue weighted by Crippen LogP contribution is 2.24. The molecule has 0 N–H and O–H groups in total. The Balaban J connectivity index is 1.81. The molecule has 0 saturated carbocycles. The van der Waals surface area contributed by atoms with Crippen molar-refractivity contribution in [2.24, 2.45) is 0 Å². The molecular weight excluding hydrogens is 290 g/mol. The minimum Gasteiger partial charge on any atom is -0.445 e. The van der Waals surface area contributed by atoms with Crippen LogP contribution in [0.4, 0.5) is 0 Å². The van der Waals surface area contributed by atoms with Gasteiger partial charge < -0.3 is 9.32 Å². The van der Waals surface area contributed by atoms with Gasteiger partial charge in [0.25, 0.3) is 5.91 Å². The summed E-state index contributed by atoms with van der Waals surface area (Å²) in [7, 11) is 0. The van der Waals surface area contributed by atoms with Crippen LogP contribution in [0.2, 0.25) is 5.02 Å². The molecule has 2 aromatic rings. The number of aromatic nitrogens is 2. The number of amides is 1. The van der Waals surface area contributed by atoms with Gasteiger partial charge in [0.2, 0.25) is 0 Å². The molecule has 110 valence electrons. The summed E-state index contributed by atoms with van der Waals surface area (Å²) in [5.41, 5.74) is 1.35. The fourth-order valence-electron chi connectivity index (χ4n) is 2.35. The smallest absolute Gasteiger partial charge is 0.255 e. The molecule has 1 amide bonds. The number of carbonyl (C=O) groups excluding carboxylic acids is 1. The molecule has 6 heteroatoms. The number of nitrogens with zero attached hydrogens (tertiary/aromatic N) is 3. The standard InChI is InChI=1S/C15H16ClN3O2/c1-9(2)14-18-12-8-19(4-3-13(12)21-14)15(20)10-5-11(16)7-17-6-10/h5-7,9H,3-4,8H2,1-2H3. The highest BCUT2D eigenvalue weighted by Gasteiger charge is 2.26. The lowest BCUT2D eigenvalue weighted by Crippen LogP contribution is -2.35. The normalized spacial score (nSPS) is 14.4. The Morgan fingerprint density at radius 2 is 2.24 bits per heavy atom. The van der Waals surface area contributed by atoms with Crippen LogP contribution in [0.1, 0.15) is 47.5 Å². The zero-order valence-electron chi connectivity index (χ0n) is 12.0. The summed E-state index contributed by atoms with van der Waals surface area (Å²) in [5.74, 6) is 1.80. The monoisotopic (exact) mass is 305 g/mol. The molecule has 0 fully saturated rings. The Morgan fingerprint density at radius 3 is 2.95 bits per heavy atom. The number of hydrogen-bond donors (Lipinski definition) is 0. The molecule has 3 heterocycles. The number of carbonyl (C=O) groups is 1. The van der Waals surface area contributed by atoms with Crippen LogP contribution in [0.3, 0.4) is 0 Å². The maximum absolute atomic E-state index is 12.5. The van der Waals surface area contributed by atoms with Crippen LogP contribution in [0, 0.1) is 0 Å². The van der Waals surface area contributed by atoms with Crippen LogP contribution in [0.25, 0.3) is 0 Å². The molecule has 0 atom stereocenters. The minimum absolute atomic E-state index is 0.0789. The number of pyridine rings is 1. The second-order valence-corrected chi connectivity index (χ2v) is 5.88. The van der Waals surface area contributed by atoms with Gasteiger partial charge in [-0.1, -0.05) is 25.4 Å². The lowest BCUT2D eigenvalue weighted by Gasteiger charge is -2.25. The van der Waals surface area contributed by atoms with E-state index < -0.39 is 0 Å². The van der Waals surface area contributed by atoms with Crippen LogP contribution >= 0.6 is 11.6 Å². The van der Waals surface area contributed by atoms with E-state index in [2.05, 4.69) is 9.97 Å². The van der Waals surface area contributed by atoms with Crippen LogP contribution < -0.4 is 0 Å². The predicted octanol–water partition coefficient (Wildman–Crippen LogP) is 3.04. The quantitative estimate of drug-likeness (QED) is 0.855. The molecule has 1 aliphatic rings. The first-order valence-electron chi connectivity index (χ1n) is 6.93. The van der Waals surface area contributed by atoms with E-state index in [-0.39, 0.29) is 11.8 Å². The Morgan fingerprint density at radius 1 is 1.43 bits per heavy atom. The van der Waals surface area contributed by atoms with Gasteiger partial charge in [0.1, 0.15) is 11.5 Å². The fraction of sp³-hybridized carbons (Fsp3) is 0.400. The van der Waals surface area contributed by atoms with Crippen LogP contribution in [-0.2, 0) is 13.0 Å². The maximum atomic E-state index is 12.5. The van der Waals surface area contributed by atoms with Gasteiger partial charge >= 0.3 is 0 Å². The molecule has 5 nitrogen and oxygen atoms in total. The van der Waals surface area contributed by atoms with E-state index in [1.165, 1.54) is 12.4 Å². The molecule has 0 spiro atoms. The number of hydrogen-bond acceptors (Lipinski definition) is 4. The van der Waals surface area contributed by atoms with Crippen molar-refractivity contribution < 1.29 is 9.21 Å². The average Bonchev–Trinajstić information content (AvgIpc) is 2.89. The lowest BCUT2D eigenvalue weighted by molar-refractivity contribution is 0.0727. The molecule has 0 radical (unpaired) electrons. The number of fused-ring (bicyclic) bond motifs is 1. The van der Waals surface area contributed by atoms with E-state index in [0.29, 0.717) is 30.1 Å². The minimum atomic E-state index is -0.0789. The first-order chi connectivity index (χ1) is 10.0. The van der Waals surface area contributed by atoms with Crippen molar-refractivity contribution in [2.45, 2.75) is 32.7 Å². The third-order valence-electron chi connectivity index (χ3n) is 3.48. The third-order valence-corrected chi connectivity index (χ3v) is 3.68. The molecule has 21 heavy (non-hydrogen) atoms. The Kier molecular flexibility index (Phi) is 3.68. The summed E-state index contributed by atoms with van der Waals surface area (Å²) >= 11 is 5.89. The van der Waals surface area contributed by atoms with Crippen molar-refractivity contribution in [1.82, 2.24) is 14.9 Å². The largest absolute Gasteiger partial charge is 0.445 e. The fourth-order valence-corrected chi connectivity index (χ4v) is 2.52. The molecule has 0 bridgehead atoms. The second-order valence-electron chi connectivity index (χ2n) is 5.45. The number of oxazole rings is 1. The molecule has 0 aromatic carbocycles. The lowest BCUT2D eigenvalue weighted by atomic mass is 10.1. The first-order valence-corrected chi connectivity index (χ1v) is 7.30. The van der Waals surface area contributed by atoms with Gasteiger partial charge in [0.05, 0.1) is 17.1 Å². The van der Waals surface area contributed by atoms with Crippen molar-refractivity contribution in [3.8, 4) is 0 Å². The van der Waals surface area contributed by atoms with Crippen molar-refractivity contribution in [3.05, 3.63) is 46.4 Å². The maximum Gasteiger partial charge on any atom is 0.255 e. The van der Waals surface area contributed by atoms with E-state index in [4.69, 9.17) is 16.0 Å². The summed E-state index contributed by atoms with van der Waals surface area (Å²) in [5, 5.41) is 0.460. The van der Waals surface area contributed by atoms with Gasteiger partial charge in [-0.3, -0.25) is 9.78 Å². The van der Waals surface area contributed by atoms with E-state index in [0.717, 1.165) is 17.3 Å².